The van der Waals surface area contributed by atoms with E-state index in [9.17, 15) is 4.79 Å². The standard InChI is InChI=1S/C11H12N2O/c1-7-2-3-9-8(4-7)6-13-11(14)10(9)5-12/h6-7H,2-4H2,1H3,(H,13,14). The lowest BCUT2D eigenvalue weighted by molar-refractivity contribution is 0.498. The van der Waals surface area contributed by atoms with Crippen molar-refractivity contribution in [3.8, 4) is 6.07 Å². The summed E-state index contributed by atoms with van der Waals surface area (Å²) in [5, 5.41) is 8.87. The summed E-state index contributed by atoms with van der Waals surface area (Å²) in [4.78, 5) is 13.9. The molecule has 0 spiro atoms. The smallest absolute Gasteiger partial charge is 0.266 e. The second-order valence-electron chi connectivity index (χ2n) is 3.96. The van der Waals surface area contributed by atoms with Crippen LogP contribution in [0.1, 0.15) is 30.0 Å². The maximum Gasteiger partial charge on any atom is 0.266 e. The Morgan fingerprint density at radius 3 is 3.14 bits per heavy atom. The summed E-state index contributed by atoms with van der Waals surface area (Å²) in [6, 6.07) is 1.99. The number of nitriles is 1. The highest BCUT2D eigenvalue weighted by Crippen LogP contribution is 2.25. The zero-order chi connectivity index (χ0) is 10.1. The molecule has 0 aliphatic heterocycles. The van der Waals surface area contributed by atoms with Gasteiger partial charge in [0, 0.05) is 6.20 Å². The second-order valence-corrected chi connectivity index (χ2v) is 3.96. The first-order valence-electron chi connectivity index (χ1n) is 4.86. The van der Waals surface area contributed by atoms with Crippen LogP contribution in [0.25, 0.3) is 0 Å². The molecule has 0 radical (unpaired) electrons. The maximum absolute atomic E-state index is 11.3. The summed E-state index contributed by atoms with van der Waals surface area (Å²) < 4.78 is 0. The van der Waals surface area contributed by atoms with Crippen molar-refractivity contribution in [3.63, 3.8) is 0 Å². The van der Waals surface area contributed by atoms with Crippen LogP contribution >= 0.6 is 0 Å². The van der Waals surface area contributed by atoms with Crippen LogP contribution in [0.5, 0.6) is 0 Å². The van der Waals surface area contributed by atoms with Gasteiger partial charge in [-0.3, -0.25) is 4.79 Å². The maximum atomic E-state index is 11.3. The van der Waals surface area contributed by atoms with E-state index in [1.54, 1.807) is 6.20 Å². The van der Waals surface area contributed by atoms with Gasteiger partial charge in [-0.15, -0.1) is 0 Å². The van der Waals surface area contributed by atoms with Gasteiger partial charge in [0.1, 0.15) is 11.6 Å². The Morgan fingerprint density at radius 1 is 1.64 bits per heavy atom. The first-order valence-corrected chi connectivity index (χ1v) is 4.86. The van der Waals surface area contributed by atoms with Crippen LogP contribution in [0.15, 0.2) is 11.0 Å². The molecule has 1 atom stereocenters. The Hall–Kier alpha value is -1.56. The van der Waals surface area contributed by atoms with E-state index in [1.165, 1.54) is 0 Å². The van der Waals surface area contributed by atoms with Crippen molar-refractivity contribution in [2.75, 3.05) is 0 Å². The Labute approximate surface area is 82.4 Å². The Balaban J connectivity index is 2.60. The van der Waals surface area contributed by atoms with Crippen LogP contribution in [0.4, 0.5) is 0 Å². The monoisotopic (exact) mass is 188 g/mol. The lowest BCUT2D eigenvalue weighted by atomic mass is 9.84. The number of fused-ring (bicyclic) bond motifs is 1. The van der Waals surface area contributed by atoms with Crippen LogP contribution in [0.2, 0.25) is 0 Å². The van der Waals surface area contributed by atoms with Gasteiger partial charge in [0.2, 0.25) is 0 Å². The van der Waals surface area contributed by atoms with E-state index in [-0.39, 0.29) is 5.56 Å². The van der Waals surface area contributed by atoms with E-state index in [0.29, 0.717) is 11.5 Å². The van der Waals surface area contributed by atoms with E-state index < -0.39 is 0 Å². The van der Waals surface area contributed by atoms with Crippen molar-refractivity contribution in [2.45, 2.75) is 26.2 Å². The SMILES string of the molecule is CC1CCc2c(c[nH]c(=O)c2C#N)C1. The van der Waals surface area contributed by atoms with Gasteiger partial charge in [-0.05, 0) is 36.3 Å². The molecule has 0 fully saturated rings. The number of rotatable bonds is 0. The van der Waals surface area contributed by atoms with Crippen LogP contribution in [0, 0.1) is 17.2 Å². The van der Waals surface area contributed by atoms with Crippen molar-refractivity contribution in [3.05, 3.63) is 33.2 Å². The quantitative estimate of drug-likeness (QED) is 0.668. The highest BCUT2D eigenvalue weighted by Gasteiger charge is 2.19. The summed E-state index contributed by atoms with van der Waals surface area (Å²) in [5.41, 5.74) is 2.17. The lowest BCUT2D eigenvalue weighted by Gasteiger charge is -2.21. The number of aromatic nitrogens is 1. The number of H-pyrrole nitrogens is 1. The van der Waals surface area contributed by atoms with Gasteiger partial charge in [0.15, 0.2) is 0 Å². The molecule has 0 saturated heterocycles. The molecule has 72 valence electrons. The molecule has 1 aliphatic carbocycles. The Kier molecular flexibility index (Phi) is 2.12. The van der Waals surface area contributed by atoms with Crippen LogP contribution < -0.4 is 5.56 Å². The molecule has 0 amide bonds. The minimum Gasteiger partial charge on any atom is -0.328 e. The predicted molar refractivity (Wildman–Crippen MR) is 53.0 cm³/mol. The Morgan fingerprint density at radius 2 is 2.43 bits per heavy atom. The zero-order valence-corrected chi connectivity index (χ0v) is 8.13. The molecule has 14 heavy (non-hydrogen) atoms. The van der Waals surface area contributed by atoms with Gasteiger partial charge in [-0.1, -0.05) is 6.92 Å². The molecule has 1 N–H and O–H groups in total. The van der Waals surface area contributed by atoms with Gasteiger partial charge < -0.3 is 4.98 Å². The van der Waals surface area contributed by atoms with Crippen LogP contribution in [-0.4, -0.2) is 4.98 Å². The van der Waals surface area contributed by atoms with E-state index in [0.717, 1.165) is 30.4 Å². The normalized spacial score (nSPS) is 19.9. The molecule has 0 bridgehead atoms. The summed E-state index contributed by atoms with van der Waals surface area (Å²) in [6.07, 6.45) is 4.67. The van der Waals surface area contributed by atoms with Crippen molar-refractivity contribution >= 4 is 0 Å². The first-order chi connectivity index (χ1) is 6.72. The third-order valence-electron chi connectivity index (χ3n) is 2.86. The first kappa shape index (κ1) is 9.01. The lowest BCUT2D eigenvalue weighted by Crippen LogP contribution is -2.20. The van der Waals surface area contributed by atoms with Gasteiger partial charge in [0.25, 0.3) is 5.56 Å². The number of nitrogens with one attached hydrogen (secondary N) is 1. The van der Waals surface area contributed by atoms with Crippen molar-refractivity contribution in [1.82, 2.24) is 4.98 Å². The Bertz CT molecular complexity index is 453. The average Bonchev–Trinajstić information content (AvgIpc) is 2.18. The molecule has 1 heterocycles. The number of hydrogen-bond acceptors (Lipinski definition) is 2. The zero-order valence-electron chi connectivity index (χ0n) is 8.13. The van der Waals surface area contributed by atoms with Crippen LogP contribution in [0.3, 0.4) is 0 Å². The summed E-state index contributed by atoms with van der Waals surface area (Å²) in [6.45, 7) is 2.19. The highest BCUT2D eigenvalue weighted by molar-refractivity contribution is 5.41. The molecule has 0 aromatic carbocycles. The molecule has 0 saturated carbocycles. The molecule has 2 rings (SSSR count). The fourth-order valence-electron chi connectivity index (χ4n) is 2.06. The minimum atomic E-state index is -0.249. The average molecular weight is 188 g/mol. The molecule has 1 aliphatic rings. The molecular formula is C11H12N2O. The van der Waals surface area contributed by atoms with Gasteiger partial charge in [0.05, 0.1) is 0 Å². The summed E-state index contributed by atoms with van der Waals surface area (Å²) in [5.74, 6) is 0.653. The largest absolute Gasteiger partial charge is 0.328 e. The molecular weight excluding hydrogens is 176 g/mol. The van der Waals surface area contributed by atoms with Gasteiger partial charge in [-0.2, -0.15) is 5.26 Å². The number of aromatic amines is 1. The van der Waals surface area contributed by atoms with Gasteiger partial charge in [-0.25, -0.2) is 0 Å². The number of hydrogen-bond donors (Lipinski definition) is 1. The molecule has 1 aromatic heterocycles. The minimum absolute atomic E-state index is 0.249. The van der Waals surface area contributed by atoms with Crippen molar-refractivity contribution in [2.24, 2.45) is 5.92 Å². The molecule has 1 unspecified atom stereocenters. The number of nitrogens with zero attached hydrogens (tertiary/aromatic N) is 1. The van der Waals surface area contributed by atoms with Gasteiger partial charge >= 0.3 is 0 Å². The highest BCUT2D eigenvalue weighted by atomic mass is 16.1. The van der Waals surface area contributed by atoms with E-state index in [2.05, 4.69) is 11.9 Å². The second kappa shape index (κ2) is 3.30. The van der Waals surface area contributed by atoms with E-state index in [1.807, 2.05) is 6.07 Å². The number of pyridine rings is 1. The third-order valence-corrected chi connectivity index (χ3v) is 2.86. The fourth-order valence-corrected chi connectivity index (χ4v) is 2.06. The van der Waals surface area contributed by atoms with E-state index in [4.69, 9.17) is 5.26 Å². The van der Waals surface area contributed by atoms with E-state index >= 15 is 0 Å². The fraction of sp³-hybridized carbons (Fsp3) is 0.455. The summed E-state index contributed by atoms with van der Waals surface area (Å²) in [7, 11) is 0. The molecule has 1 aromatic rings. The summed E-state index contributed by atoms with van der Waals surface area (Å²) >= 11 is 0. The molecule has 3 nitrogen and oxygen atoms in total. The topological polar surface area (TPSA) is 56.6 Å². The third kappa shape index (κ3) is 1.33. The molecule has 3 heteroatoms. The predicted octanol–water partition coefficient (Wildman–Crippen LogP) is 1.37. The van der Waals surface area contributed by atoms with Crippen molar-refractivity contribution in [1.29, 1.82) is 5.26 Å². The van der Waals surface area contributed by atoms with Crippen molar-refractivity contribution < 1.29 is 0 Å². The van der Waals surface area contributed by atoms with Crippen LogP contribution in [-0.2, 0) is 12.8 Å².